The van der Waals surface area contributed by atoms with Crippen molar-refractivity contribution in [3.8, 4) is 0 Å². The van der Waals surface area contributed by atoms with Gasteiger partial charge in [0.1, 0.15) is 5.76 Å². The number of nitrogens with zero attached hydrogens (tertiary/aromatic N) is 1. The van der Waals surface area contributed by atoms with Crippen molar-refractivity contribution in [1.82, 2.24) is 4.98 Å². The highest BCUT2D eigenvalue weighted by Crippen LogP contribution is 2.22. The molecule has 0 unspecified atom stereocenters. The zero-order valence-electron chi connectivity index (χ0n) is 9.55. The van der Waals surface area contributed by atoms with Crippen molar-refractivity contribution in [3.63, 3.8) is 0 Å². The van der Waals surface area contributed by atoms with Crippen LogP contribution in [-0.2, 0) is 6.54 Å². The summed E-state index contributed by atoms with van der Waals surface area (Å²) in [6, 6.07) is 5.72. The Bertz CT molecular complexity index is 520. The first-order chi connectivity index (χ1) is 8.06. The molecule has 1 aromatic heterocycles. The lowest BCUT2D eigenvalue weighted by atomic mass is 10.3. The average molecular weight is 363 g/mol. The van der Waals surface area contributed by atoms with E-state index in [2.05, 4.69) is 32.9 Å². The summed E-state index contributed by atoms with van der Waals surface area (Å²) < 4.78 is 6.58. The fourth-order valence-corrected chi connectivity index (χ4v) is 2.48. The predicted molar refractivity (Wildman–Crippen MR) is 77.5 cm³/mol. The molecule has 1 aromatic carbocycles. The molecule has 1 heterocycles. The van der Waals surface area contributed by atoms with Crippen molar-refractivity contribution in [2.24, 2.45) is 0 Å². The Hall–Kier alpha value is -0.750. The van der Waals surface area contributed by atoms with Gasteiger partial charge in [-0.2, -0.15) is 0 Å². The molecule has 1 N–H and O–H groups in total. The normalized spacial score (nSPS) is 10.6. The third-order valence-electron chi connectivity index (χ3n) is 2.43. The topological polar surface area (TPSA) is 38.1 Å². The van der Waals surface area contributed by atoms with Crippen molar-refractivity contribution in [3.05, 3.63) is 44.1 Å². The summed E-state index contributed by atoms with van der Waals surface area (Å²) in [5, 5.41) is 4.01. The van der Waals surface area contributed by atoms with E-state index in [0.29, 0.717) is 12.4 Å². The van der Waals surface area contributed by atoms with E-state index >= 15 is 0 Å². The van der Waals surface area contributed by atoms with Gasteiger partial charge in [-0.3, -0.25) is 0 Å². The molecule has 17 heavy (non-hydrogen) atoms. The highest BCUT2D eigenvalue weighted by molar-refractivity contribution is 14.1. The van der Waals surface area contributed by atoms with Gasteiger partial charge < -0.3 is 9.73 Å². The van der Waals surface area contributed by atoms with Crippen molar-refractivity contribution in [1.29, 1.82) is 0 Å². The number of hydrogen-bond donors (Lipinski definition) is 1. The minimum Gasteiger partial charge on any atom is -0.444 e. The largest absolute Gasteiger partial charge is 0.444 e. The first-order valence-corrected chi connectivity index (χ1v) is 6.64. The summed E-state index contributed by atoms with van der Waals surface area (Å²) in [6.45, 7) is 4.43. The molecule has 3 nitrogen and oxygen atoms in total. The molecule has 0 radical (unpaired) electrons. The second-order valence-electron chi connectivity index (χ2n) is 3.73. The van der Waals surface area contributed by atoms with Crippen molar-refractivity contribution in [2.75, 3.05) is 5.32 Å². The molecule has 0 saturated carbocycles. The van der Waals surface area contributed by atoms with E-state index < -0.39 is 0 Å². The fourth-order valence-electron chi connectivity index (χ4n) is 1.42. The van der Waals surface area contributed by atoms with E-state index in [-0.39, 0.29) is 0 Å². The monoisotopic (exact) mass is 362 g/mol. The molecule has 0 aliphatic heterocycles. The molecule has 0 atom stereocenters. The average Bonchev–Trinajstić information content (AvgIpc) is 2.57. The zero-order valence-corrected chi connectivity index (χ0v) is 12.5. The Morgan fingerprint density at radius 2 is 2.18 bits per heavy atom. The first-order valence-electron chi connectivity index (χ1n) is 5.18. The Balaban J connectivity index is 2.07. The Labute approximate surface area is 119 Å². The fraction of sp³-hybridized carbons (Fsp3) is 0.250. The van der Waals surface area contributed by atoms with E-state index in [0.717, 1.165) is 25.7 Å². The summed E-state index contributed by atoms with van der Waals surface area (Å²) in [4.78, 5) is 4.31. The van der Waals surface area contributed by atoms with Crippen LogP contribution in [0.3, 0.4) is 0 Å². The van der Waals surface area contributed by atoms with Gasteiger partial charge in [-0.1, -0.05) is 11.6 Å². The second kappa shape index (κ2) is 5.27. The highest BCUT2D eigenvalue weighted by atomic mass is 127. The third kappa shape index (κ3) is 3.13. The van der Waals surface area contributed by atoms with E-state index in [1.807, 2.05) is 32.0 Å². The molecule has 0 saturated heterocycles. The van der Waals surface area contributed by atoms with E-state index in [1.54, 1.807) is 0 Å². The maximum Gasteiger partial charge on any atom is 0.213 e. The van der Waals surface area contributed by atoms with Crippen LogP contribution in [0.15, 0.2) is 22.6 Å². The molecule has 2 aromatic rings. The highest BCUT2D eigenvalue weighted by Gasteiger charge is 2.06. The van der Waals surface area contributed by atoms with Gasteiger partial charge >= 0.3 is 0 Å². The first kappa shape index (κ1) is 12.7. The standard InChI is InChI=1S/C12H12ClIN2O/c1-7-8(2)17-12(16-7)6-15-11-4-3-9(13)5-10(11)14/h3-5,15H,6H2,1-2H3. The minimum atomic E-state index is 0.576. The minimum absolute atomic E-state index is 0.576. The number of nitrogens with one attached hydrogen (secondary N) is 1. The molecule has 0 aliphatic rings. The van der Waals surface area contributed by atoms with Crippen LogP contribution in [0.2, 0.25) is 5.02 Å². The lowest BCUT2D eigenvalue weighted by molar-refractivity contribution is 0.478. The van der Waals surface area contributed by atoms with Gasteiger partial charge in [0.15, 0.2) is 0 Å². The van der Waals surface area contributed by atoms with Crippen LogP contribution in [-0.4, -0.2) is 4.98 Å². The quantitative estimate of drug-likeness (QED) is 0.833. The SMILES string of the molecule is Cc1nc(CNc2ccc(Cl)cc2I)oc1C. The molecule has 0 fully saturated rings. The van der Waals surface area contributed by atoms with Crippen LogP contribution in [0, 0.1) is 17.4 Å². The number of hydrogen-bond acceptors (Lipinski definition) is 3. The van der Waals surface area contributed by atoms with Crippen LogP contribution in [0.4, 0.5) is 5.69 Å². The molecule has 0 bridgehead atoms. The molecule has 90 valence electrons. The zero-order chi connectivity index (χ0) is 12.4. The van der Waals surface area contributed by atoms with Gasteiger partial charge in [-0.15, -0.1) is 0 Å². The van der Waals surface area contributed by atoms with Crippen LogP contribution in [0.1, 0.15) is 17.3 Å². The van der Waals surface area contributed by atoms with Crippen LogP contribution < -0.4 is 5.32 Å². The summed E-state index contributed by atoms with van der Waals surface area (Å²) in [6.07, 6.45) is 0. The van der Waals surface area contributed by atoms with Gasteiger partial charge in [0.2, 0.25) is 5.89 Å². The lowest BCUT2D eigenvalue weighted by Gasteiger charge is -2.06. The number of aromatic nitrogens is 1. The smallest absolute Gasteiger partial charge is 0.213 e. The molecule has 0 aliphatic carbocycles. The number of benzene rings is 1. The molecular formula is C12H12ClIN2O. The molecular weight excluding hydrogens is 351 g/mol. The summed E-state index contributed by atoms with van der Waals surface area (Å²) >= 11 is 8.14. The van der Waals surface area contributed by atoms with Crippen LogP contribution >= 0.6 is 34.2 Å². The number of halogens is 2. The van der Waals surface area contributed by atoms with E-state index in [1.165, 1.54) is 0 Å². The Morgan fingerprint density at radius 1 is 1.41 bits per heavy atom. The lowest BCUT2D eigenvalue weighted by Crippen LogP contribution is -2.01. The Kier molecular flexibility index (Phi) is 3.93. The number of oxazole rings is 1. The molecule has 0 spiro atoms. The van der Waals surface area contributed by atoms with Crippen LogP contribution in [0.5, 0.6) is 0 Å². The summed E-state index contributed by atoms with van der Waals surface area (Å²) in [5.41, 5.74) is 1.97. The molecule has 2 rings (SSSR count). The van der Waals surface area contributed by atoms with E-state index in [4.69, 9.17) is 16.0 Å². The van der Waals surface area contributed by atoms with Gasteiger partial charge in [0.05, 0.1) is 12.2 Å². The van der Waals surface area contributed by atoms with Crippen molar-refractivity contribution < 1.29 is 4.42 Å². The summed E-state index contributed by atoms with van der Waals surface area (Å²) in [7, 11) is 0. The summed E-state index contributed by atoms with van der Waals surface area (Å²) in [5.74, 6) is 1.57. The van der Waals surface area contributed by atoms with Gasteiger partial charge in [-0.05, 0) is 54.6 Å². The molecule has 0 amide bonds. The maximum atomic E-state index is 5.89. The second-order valence-corrected chi connectivity index (χ2v) is 5.33. The van der Waals surface area contributed by atoms with E-state index in [9.17, 15) is 0 Å². The number of rotatable bonds is 3. The molecule has 5 heteroatoms. The van der Waals surface area contributed by atoms with Crippen LogP contribution in [0.25, 0.3) is 0 Å². The van der Waals surface area contributed by atoms with Crippen molar-refractivity contribution in [2.45, 2.75) is 20.4 Å². The number of anilines is 1. The number of aryl methyl sites for hydroxylation is 2. The van der Waals surface area contributed by atoms with Gasteiger partial charge in [0, 0.05) is 14.3 Å². The third-order valence-corrected chi connectivity index (χ3v) is 3.56. The maximum absolute atomic E-state index is 5.89. The van der Waals surface area contributed by atoms with Gasteiger partial charge in [-0.25, -0.2) is 4.98 Å². The van der Waals surface area contributed by atoms with Crippen molar-refractivity contribution >= 4 is 39.9 Å². The Morgan fingerprint density at radius 3 is 2.76 bits per heavy atom. The predicted octanol–water partition coefficient (Wildman–Crippen LogP) is 4.16. The van der Waals surface area contributed by atoms with Gasteiger partial charge in [0.25, 0.3) is 0 Å².